The van der Waals surface area contributed by atoms with Gasteiger partial charge in [0.1, 0.15) is 5.88 Å². The zero-order chi connectivity index (χ0) is 17.9. The Balaban J connectivity index is 1.72. The summed E-state index contributed by atoms with van der Waals surface area (Å²) >= 11 is 5.64. The van der Waals surface area contributed by atoms with E-state index >= 15 is 0 Å². The Kier molecular flexibility index (Phi) is 4.77. The van der Waals surface area contributed by atoms with Crippen LogP contribution in [0.2, 0.25) is 0 Å². The zero-order valence-electron chi connectivity index (χ0n) is 14.2. The summed E-state index contributed by atoms with van der Waals surface area (Å²) < 4.78 is 7.34. The van der Waals surface area contributed by atoms with Gasteiger partial charge in [-0.15, -0.1) is 11.6 Å². The summed E-state index contributed by atoms with van der Waals surface area (Å²) in [7, 11) is 0. The first-order chi connectivity index (χ1) is 12.8. The first-order valence-corrected chi connectivity index (χ1v) is 9.06. The Morgan fingerprint density at radius 2 is 1.77 bits per heavy atom. The third kappa shape index (κ3) is 3.25. The molecule has 1 saturated heterocycles. The summed E-state index contributed by atoms with van der Waals surface area (Å²) in [5, 5.41) is 2.78. The molecule has 2 heterocycles. The largest absolute Gasteiger partial charge is 0.378 e. The predicted molar refractivity (Wildman–Crippen MR) is 103 cm³/mol. The van der Waals surface area contributed by atoms with Crippen molar-refractivity contribution in [2.24, 2.45) is 0 Å². The van der Waals surface area contributed by atoms with Crippen molar-refractivity contribution >= 4 is 40.2 Å². The lowest BCUT2D eigenvalue weighted by molar-refractivity contribution is -0.114. The molecule has 0 unspecified atom stereocenters. The Bertz CT molecular complexity index is 917. The third-order valence-corrected chi connectivity index (χ3v) is 4.66. The molecule has 4 rings (SSSR count). The second-order valence-electron chi connectivity index (χ2n) is 6.06. The molecular formula is C19H19ClN4O2. The molecule has 0 bridgehead atoms. The smallest absolute Gasteiger partial charge is 0.241 e. The number of morpholine rings is 1. The quantitative estimate of drug-likeness (QED) is 0.717. The van der Waals surface area contributed by atoms with Crippen LogP contribution in [-0.4, -0.2) is 47.6 Å². The number of fused-ring (bicyclic) bond motifs is 1. The van der Waals surface area contributed by atoms with Gasteiger partial charge in [-0.25, -0.2) is 4.98 Å². The first kappa shape index (κ1) is 16.9. The van der Waals surface area contributed by atoms with E-state index in [1.165, 1.54) is 0 Å². The maximum Gasteiger partial charge on any atom is 0.241 e. The lowest BCUT2D eigenvalue weighted by Gasteiger charge is -2.29. The minimum Gasteiger partial charge on any atom is -0.378 e. The molecule has 1 N–H and O–H groups in total. The molecule has 26 heavy (non-hydrogen) atoms. The number of benzene rings is 2. The van der Waals surface area contributed by atoms with Crippen molar-refractivity contribution in [1.82, 2.24) is 9.55 Å². The number of ether oxygens (including phenoxy) is 1. The van der Waals surface area contributed by atoms with Crippen LogP contribution >= 0.6 is 11.6 Å². The van der Waals surface area contributed by atoms with Crippen LogP contribution in [0, 0.1) is 0 Å². The van der Waals surface area contributed by atoms with E-state index in [0.717, 1.165) is 48.7 Å². The first-order valence-electron chi connectivity index (χ1n) is 8.53. The molecule has 1 aliphatic heterocycles. The molecule has 0 radical (unpaired) electrons. The van der Waals surface area contributed by atoms with Gasteiger partial charge in [0, 0.05) is 24.5 Å². The van der Waals surface area contributed by atoms with E-state index in [4.69, 9.17) is 16.3 Å². The van der Waals surface area contributed by atoms with Gasteiger partial charge in [-0.05, 0) is 36.4 Å². The molecule has 134 valence electrons. The van der Waals surface area contributed by atoms with Crippen molar-refractivity contribution in [1.29, 1.82) is 0 Å². The van der Waals surface area contributed by atoms with Crippen LogP contribution in [0.15, 0.2) is 48.5 Å². The van der Waals surface area contributed by atoms with Gasteiger partial charge in [-0.3, -0.25) is 14.7 Å². The highest BCUT2D eigenvalue weighted by atomic mass is 35.5. The monoisotopic (exact) mass is 370 g/mol. The summed E-state index contributed by atoms with van der Waals surface area (Å²) in [6.45, 7) is 3.29. The second-order valence-corrected chi connectivity index (χ2v) is 6.32. The number of nitrogens with one attached hydrogen (secondary N) is 1. The van der Waals surface area contributed by atoms with Gasteiger partial charge in [-0.2, -0.15) is 0 Å². The summed E-state index contributed by atoms with van der Waals surface area (Å²) in [5.74, 6) is 0.0725. The molecule has 1 amide bonds. The molecule has 7 heteroatoms. The highest BCUT2D eigenvalue weighted by Gasteiger charge is 2.15. The molecule has 0 atom stereocenters. The number of rotatable bonds is 4. The summed E-state index contributed by atoms with van der Waals surface area (Å²) in [6, 6.07) is 16.0. The van der Waals surface area contributed by atoms with Crippen LogP contribution in [0.4, 0.5) is 11.6 Å². The van der Waals surface area contributed by atoms with Crippen LogP contribution < -0.4 is 10.2 Å². The van der Waals surface area contributed by atoms with Gasteiger partial charge in [0.15, 0.2) is 0 Å². The topological polar surface area (TPSA) is 59.4 Å². The van der Waals surface area contributed by atoms with Crippen molar-refractivity contribution in [2.75, 3.05) is 42.4 Å². The van der Waals surface area contributed by atoms with Gasteiger partial charge in [0.05, 0.1) is 24.2 Å². The third-order valence-electron chi connectivity index (χ3n) is 4.42. The van der Waals surface area contributed by atoms with Crippen LogP contribution in [0.5, 0.6) is 0 Å². The number of hydrogen-bond acceptors (Lipinski definition) is 4. The maximum atomic E-state index is 11.8. The van der Waals surface area contributed by atoms with E-state index < -0.39 is 0 Å². The SMILES string of the molecule is O=C(CCl)Nc1nc2ccccc2n1-c1ccc(N2CCOCC2)cc1. The molecular weight excluding hydrogens is 352 g/mol. The van der Waals surface area contributed by atoms with Crippen LogP contribution in [0.25, 0.3) is 16.7 Å². The summed E-state index contributed by atoms with van der Waals surface area (Å²) in [5.41, 5.74) is 3.83. The lowest BCUT2D eigenvalue weighted by atomic mass is 10.2. The highest BCUT2D eigenvalue weighted by molar-refractivity contribution is 6.29. The number of halogens is 1. The summed E-state index contributed by atoms with van der Waals surface area (Å²) in [6.07, 6.45) is 0. The van der Waals surface area contributed by atoms with Gasteiger partial charge < -0.3 is 9.64 Å². The number of imidazole rings is 1. The van der Waals surface area contributed by atoms with E-state index in [1.54, 1.807) is 0 Å². The summed E-state index contributed by atoms with van der Waals surface area (Å²) in [4.78, 5) is 18.6. The molecule has 6 nitrogen and oxygen atoms in total. The number of carbonyl (C=O) groups is 1. The number of para-hydroxylation sites is 2. The highest BCUT2D eigenvalue weighted by Crippen LogP contribution is 2.26. The van der Waals surface area contributed by atoms with Crippen molar-refractivity contribution in [3.05, 3.63) is 48.5 Å². The number of amides is 1. The molecule has 1 fully saturated rings. The fourth-order valence-corrected chi connectivity index (χ4v) is 3.23. The average Bonchev–Trinajstić information content (AvgIpc) is 3.06. The molecule has 0 saturated carbocycles. The number of nitrogens with zero attached hydrogens (tertiary/aromatic N) is 3. The fraction of sp³-hybridized carbons (Fsp3) is 0.263. The minimum absolute atomic E-state index is 0.112. The van der Waals surface area contributed by atoms with Crippen molar-refractivity contribution in [3.8, 4) is 5.69 Å². The van der Waals surface area contributed by atoms with Crippen LogP contribution in [-0.2, 0) is 9.53 Å². The molecule has 1 aliphatic rings. The molecule has 2 aromatic carbocycles. The average molecular weight is 371 g/mol. The van der Waals surface area contributed by atoms with E-state index in [9.17, 15) is 4.79 Å². The van der Waals surface area contributed by atoms with E-state index in [1.807, 2.05) is 41.0 Å². The van der Waals surface area contributed by atoms with Gasteiger partial charge in [0.2, 0.25) is 11.9 Å². The minimum atomic E-state index is -0.284. The molecule has 0 aliphatic carbocycles. The number of alkyl halides is 1. The zero-order valence-corrected chi connectivity index (χ0v) is 14.9. The number of aromatic nitrogens is 2. The Labute approximate surface area is 156 Å². The Morgan fingerprint density at radius 3 is 2.50 bits per heavy atom. The maximum absolute atomic E-state index is 11.8. The standard InChI is InChI=1S/C19H19ClN4O2/c20-13-18(25)22-19-21-16-3-1-2-4-17(16)24(19)15-7-5-14(6-8-15)23-9-11-26-12-10-23/h1-8H,9-13H2,(H,21,22,25). The van der Waals surface area contributed by atoms with Crippen molar-refractivity contribution in [2.45, 2.75) is 0 Å². The normalized spacial score (nSPS) is 14.6. The fourth-order valence-electron chi connectivity index (χ4n) is 3.16. The van der Waals surface area contributed by atoms with Crippen molar-refractivity contribution < 1.29 is 9.53 Å². The Morgan fingerprint density at radius 1 is 1.08 bits per heavy atom. The van der Waals surface area contributed by atoms with Crippen molar-refractivity contribution in [3.63, 3.8) is 0 Å². The van der Waals surface area contributed by atoms with Crippen LogP contribution in [0.3, 0.4) is 0 Å². The second kappa shape index (κ2) is 7.35. The number of anilines is 2. The van der Waals surface area contributed by atoms with Gasteiger partial charge in [0.25, 0.3) is 0 Å². The molecule has 3 aromatic rings. The molecule has 0 spiro atoms. The van der Waals surface area contributed by atoms with Crippen LogP contribution in [0.1, 0.15) is 0 Å². The number of hydrogen-bond donors (Lipinski definition) is 1. The van der Waals surface area contributed by atoms with E-state index in [-0.39, 0.29) is 11.8 Å². The van der Waals surface area contributed by atoms with Gasteiger partial charge in [-0.1, -0.05) is 12.1 Å². The van der Waals surface area contributed by atoms with E-state index in [0.29, 0.717) is 5.95 Å². The van der Waals surface area contributed by atoms with Gasteiger partial charge >= 0.3 is 0 Å². The lowest BCUT2D eigenvalue weighted by Crippen LogP contribution is -2.36. The number of carbonyl (C=O) groups excluding carboxylic acids is 1. The molecule has 1 aromatic heterocycles. The predicted octanol–water partition coefficient (Wildman–Crippen LogP) is 3.04. The Hall–Kier alpha value is -2.57. The van der Waals surface area contributed by atoms with E-state index in [2.05, 4.69) is 27.3 Å².